The summed E-state index contributed by atoms with van der Waals surface area (Å²) in [4.78, 5) is 20.0. The van der Waals surface area contributed by atoms with E-state index in [9.17, 15) is 0 Å². The van der Waals surface area contributed by atoms with E-state index in [2.05, 4.69) is 84.9 Å². The van der Waals surface area contributed by atoms with E-state index >= 15 is 0 Å². The monoisotopic (exact) mass is 692 g/mol. The molecule has 11 aromatic rings. The molecule has 0 amide bonds. The zero-order valence-corrected chi connectivity index (χ0v) is 28.8. The molecule has 54 heavy (non-hydrogen) atoms. The highest BCUT2D eigenvalue weighted by atomic mass is 16.4. The van der Waals surface area contributed by atoms with Gasteiger partial charge in [-0.2, -0.15) is 0 Å². The van der Waals surface area contributed by atoms with Gasteiger partial charge < -0.3 is 8.83 Å². The van der Waals surface area contributed by atoms with Crippen molar-refractivity contribution in [3.63, 3.8) is 0 Å². The van der Waals surface area contributed by atoms with E-state index in [0.717, 1.165) is 76.8 Å². The summed E-state index contributed by atoms with van der Waals surface area (Å²) in [5, 5.41) is 6.38. The average molecular weight is 693 g/mol. The maximum absolute atomic E-state index is 6.54. The molecule has 0 fully saturated rings. The fourth-order valence-electron chi connectivity index (χ4n) is 7.66. The van der Waals surface area contributed by atoms with Gasteiger partial charge in [-0.1, -0.05) is 140 Å². The van der Waals surface area contributed by atoms with Crippen LogP contribution in [0, 0.1) is 0 Å². The van der Waals surface area contributed by atoms with Gasteiger partial charge in [0.1, 0.15) is 11.1 Å². The molecule has 0 N–H and O–H groups in total. The second-order valence-corrected chi connectivity index (χ2v) is 13.4. The largest absolute Gasteiger partial charge is 0.452 e. The van der Waals surface area contributed by atoms with Crippen molar-refractivity contribution < 1.29 is 8.83 Å². The predicted octanol–water partition coefficient (Wildman–Crippen LogP) is 12.6. The third-order valence-corrected chi connectivity index (χ3v) is 10.2. The Hall–Kier alpha value is -7.44. The standard InChI is InChI=1S/C48H28N4O2/c1-3-13-29(14-4-1)45-50-46(30-15-5-2-6-16-30)52-47(51-45)39-25-23-35(31-17-7-9-19-33(31)39)36-24-26-40(34-20-10-8-18-32(34)36)48-49-41-28-27-38-37-21-11-12-22-42(37)53-43(38)44(41)54-48/h1-28H. The molecular weight excluding hydrogens is 665 g/mol. The van der Waals surface area contributed by atoms with Crippen LogP contribution < -0.4 is 0 Å². The molecule has 3 heterocycles. The minimum absolute atomic E-state index is 0.555. The Kier molecular flexibility index (Phi) is 6.75. The van der Waals surface area contributed by atoms with Crippen molar-refractivity contribution in [1.29, 1.82) is 0 Å². The molecule has 0 saturated heterocycles. The lowest BCUT2D eigenvalue weighted by Crippen LogP contribution is -2.00. The number of benzene rings is 8. The van der Waals surface area contributed by atoms with Gasteiger partial charge in [-0.05, 0) is 63.0 Å². The van der Waals surface area contributed by atoms with Crippen LogP contribution >= 0.6 is 0 Å². The normalized spacial score (nSPS) is 11.7. The lowest BCUT2D eigenvalue weighted by Gasteiger charge is -2.15. The molecule has 0 bridgehead atoms. The first-order valence-electron chi connectivity index (χ1n) is 17.9. The number of para-hydroxylation sites is 1. The number of furan rings is 1. The van der Waals surface area contributed by atoms with Gasteiger partial charge in [0, 0.05) is 33.0 Å². The Bertz CT molecular complexity index is 3160. The molecule has 252 valence electrons. The molecule has 0 saturated carbocycles. The fraction of sp³-hybridized carbons (Fsp3) is 0. The second kappa shape index (κ2) is 12.1. The van der Waals surface area contributed by atoms with Crippen LogP contribution in [0.25, 0.3) is 111 Å². The van der Waals surface area contributed by atoms with Crippen LogP contribution in [-0.4, -0.2) is 19.9 Å². The maximum atomic E-state index is 6.54. The first-order chi connectivity index (χ1) is 26.8. The van der Waals surface area contributed by atoms with Crippen LogP contribution in [0.5, 0.6) is 0 Å². The molecule has 0 atom stereocenters. The van der Waals surface area contributed by atoms with E-state index in [0.29, 0.717) is 34.5 Å². The van der Waals surface area contributed by atoms with Crippen molar-refractivity contribution in [3.8, 4) is 56.7 Å². The Morgan fingerprint density at radius 3 is 1.41 bits per heavy atom. The summed E-state index contributed by atoms with van der Waals surface area (Å²) in [6, 6.07) is 57.8. The van der Waals surface area contributed by atoms with Gasteiger partial charge in [-0.25, -0.2) is 19.9 Å². The lowest BCUT2D eigenvalue weighted by atomic mass is 9.90. The number of fused-ring (bicyclic) bond motifs is 7. The zero-order chi connectivity index (χ0) is 35.6. The maximum Gasteiger partial charge on any atom is 0.228 e. The molecular formula is C48H28N4O2. The Morgan fingerprint density at radius 1 is 0.296 bits per heavy atom. The van der Waals surface area contributed by atoms with Crippen LogP contribution in [-0.2, 0) is 0 Å². The molecule has 3 aromatic heterocycles. The molecule has 8 aromatic carbocycles. The fourth-order valence-corrected chi connectivity index (χ4v) is 7.66. The summed E-state index contributed by atoms with van der Waals surface area (Å²) in [6.07, 6.45) is 0. The Morgan fingerprint density at radius 2 is 0.778 bits per heavy atom. The van der Waals surface area contributed by atoms with E-state index in [1.807, 2.05) is 84.9 Å². The highest BCUT2D eigenvalue weighted by Crippen LogP contribution is 2.42. The van der Waals surface area contributed by atoms with Gasteiger partial charge in [-0.3, -0.25) is 0 Å². The highest BCUT2D eigenvalue weighted by Gasteiger charge is 2.20. The number of nitrogens with zero attached hydrogens (tertiary/aromatic N) is 4. The molecule has 0 aliphatic rings. The number of aromatic nitrogens is 4. The average Bonchev–Trinajstić information content (AvgIpc) is 3.86. The number of hydrogen-bond acceptors (Lipinski definition) is 6. The van der Waals surface area contributed by atoms with Gasteiger partial charge in [0.15, 0.2) is 28.6 Å². The van der Waals surface area contributed by atoms with Gasteiger partial charge in [0.05, 0.1) is 0 Å². The molecule has 0 radical (unpaired) electrons. The minimum Gasteiger partial charge on any atom is -0.452 e. The van der Waals surface area contributed by atoms with Crippen molar-refractivity contribution in [1.82, 2.24) is 19.9 Å². The van der Waals surface area contributed by atoms with Crippen molar-refractivity contribution in [2.75, 3.05) is 0 Å². The summed E-state index contributed by atoms with van der Waals surface area (Å²) in [5.74, 6) is 2.45. The van der Waals surface area contributed by atoms with E-state index in [1.54, 1.807) is 0 Å². The highest BCUT2D eigenvalue weighted by molar-refractivity contribution is 6.14. The SMILES string of the molecule is c1ccc(-c2nc(-c3ccccc3)nc(-c3ccc(-c4ccc(-c5nc6ccc7c8ccccc8oc7c6o5)c5ccccc45)c4ccccc34)n2)cc1. The van der Waals surface area contributed by atoms with Crippen molar-refractivity contribution in [2.24, 2.45) is 0 Å². The van der Waals surface area contributed by atoms with Gasteiger partial charge in [0.2, 0.25) is 5.89 Å². The van der Waals surface area contributed by atoms with Crippen LogP contribution in [0.2, 0.25) is 0 Å². The van der Waals surface area contributed by atoms with Crippen molar-refractivity contribution in [3.05, 3.63) is 170 Å². The summed E-state index contributed by atoms with van der Waals surface area (Å²) in [7, 11) is 0. The van der Waals surface area contributed by atoms with Gasteiger partial charge >= 0.3 is 0 Å². The summed E-state index contributed by atoms with van der Waals surface area (Å²) in [6.45, 7) is 0. The van der Waals surface area contributed by atoms with Gasteiger partial charge in [0.25, 0.3) is 0 Å². The van der Waals surface area contributed by atoms with E-state index < -0.39 is 0 Å². The third kappa shape index (κ3) is 4.81. The van der Waals surface area contributed by atoms with Gasteiger partial charge in [-0.15, -0.1) is 0 Å². The first kappa shape index (κ1) is 30.2. The summed E-state index contributed by atoms with van der Waals surface area (Å²) in [5.41, 5.74) is 8.90. The molecule has 0 aliphatic heterocycles. The molecule has 6 heteroatoms. The first-order valence-corrected chi connectivity index (χ1v) is 17.9. The quantitative estimate of drug-likeness (QED) is 0.179. The zero-order valence-electron chi connectivity index (χ0n) is 28.8. The predicted molar refractivity (Wildman–Crippen MR) is 217 cm³/mol. The van der Waals surface area contributed by atoms with E-state index in [-0.39, 0.29) is 0 Å². The summed E-state index contributed by atoms with van der Waals surface area (Å²) >= 11 is 0. The third-order valence-electron chi connectivity index (χ3n) is 10.2. The smallest absolute Gasteiger partial charge is 0.228 e. The summed E-state index contributed by atoms with van der Waals surface area (Å²) < 4.78 is 12.8. The topological polar surface area (TPSA) is 77.8 Å². The van der Waals surface area contributed by atoms with E-state index in [4.69, 9.17) is 28.8 Å². The van der Waals surface area contributed by atoms with Crippen molar-refractivity contribution >= 4 is 54.6 Å². The second-order valence-electron chi connectivity index (χ2n) is 13.4. The van der Waals surface area contributed by atoms with Crippen molar-refractivity contribution in [2.45, 2.75) is 0 Å². The molecule has 0 aliphatic carbocycles. The van der Waals surface area contributed by atoms with Crippen LogP contribution in [0.1, 0.15) is 0 Å². The number of hydrogen-bond donors (Lipinski definition) is 0. The number of oxazole rings is 1. The minimum atomic E-state index is 0.555. The Balaban J connectivity index is 1.07. The lowest BCUT2D eigenvalue weighted by molar-refractivity contribution is 0.604. The molecule has 6 nitrogen and oxygen atoms in total. The number of rotatable bonds is 5. The molecule has 0 spiro atoms. The Labute approximate surface area is 309 Å². The molecule has 0 unspecified atom stereocenters. The molecule has 11 rings (SSSR count). The van der Waals surface area contributed by atoms with Crippen LogP contribution in [0.4, 0.5) is 0 Å². The van der Waals surface area contributed by atoms with Crippen LogP contribution in [0.3, 0.4) is 0 Å². The van der Waals surface area contributed by atoms with E-state index in [1.165, 1.54) is 0 Å². The van der Waals surface area contributed by atoms with Crippen LogP contribution in [0.15, 0.2) is 179 Å².